The van der Waals surface area contributed by atoms with E-state index in [0.717, 1.165) is 10.2 Å². The molecular formula is C24H27N5O5. The first-order chi connectivity index (χ1) is 16.1. The number of nitrogens with two attached hydrogens (primary N) is 1. The van der Waals surface area contributed by atoms with Crippen molar-refractivity contribution in [3.8, 4) is 11.4 Å². The summed E-state index contributed by atoms with van der Waals surface area (Å²) in [6.07, 6.45) is 0.638. The smallest absolute Gasteiger partial charge is 0.355 e. The highest BCUT2D eigenvalue weighted by molar-refractivity contribution is 6.01. The molecule has 0 aliphatic rings. The summed E-state index contributed by atoms with van der Waals surface area (Å²) in [6.45, 7) is 5.30. The van der Waals surface area contributed by atoms with Gasteiger partial charge in [0.05, 0.1) is 30.2 Å². The van der Waals surface area contributed by atoms with Crippen LogP contribution in [0.4, 0.5) is 0 Å². The van der Waals surface area contributed by atoms with Gasteiger partial charge < -0.3 is 15.2 Å². The number of amidine groups is 1. The number of carbonyl (C=O) groups excluding carboxylic acids is 2. The SMILES string of the molecule is COC(=O)c1ccc(-n2nc(C)n(-c3ccc(CCC(=O)OC(C)C)cc3)c2=O)c(C(=N)N)c1. The van der Waals surface area contributed by atoms with Gasteiger partial charge >= 0.3 is 17.6 Å². The van der Waals surface area contributed by atoms with Crippen molar-refractivity contribution in [2.45, 2.75) is 39.7 Å². The topological polar surface area (TPSA) is 142 Å². The van der Waals surface area contributed by atoms with Gasteiger partial charge in [0.25, 0.3) is 0 Å². The van der Waals surface area contributed by atoms with Crippen molar-refractivity contribution in [2.75, 3.05) is 7.11 Å². The molecule has 34 heavy (non-hydrogen) atoms. The molecule has 0 aliphatic heterocycles. The molecule has 3 rings (SSSR count). The number of esters is 2. The summed E-state index contributed by atoms with van der Waals surface area (Å²) < 4.78 is 12.4. The molecule has 1 heterocycles. The predicted octanol–water partition coefficient (Wildman–Crippen LogP) is 2.29. The second-order valence-corrected chi connectivity index (χ2v) is 7.92. The summed E-state index contributed by atoms with van der Waals surface area (Å²) in [5.74, 6) is -0.738. The van der Waals surface area contributed by atoms with Gasteiger partial charge in [0, 0.05) is 12.0 Å². The minimum atomic E-state index is -0.583. The molecule has 0 bridgehead atoms. The summed E-state index contributed by atoms with van der Waals surface area (Å²) in [7, 11) is 1.25. The van der Waals surface area contributed by atoms with E-state index in [0.29, 0.717) is 17.9 Å². The van der Waals surface area contributed by atoms with Gasteiger partial charge in [-0.1, -0.05) is 12.1 Å². The van der Waals surface area contributed by atoms with Crippen LogP contribution >= 0.6 is 0 Å². The molecule has 0 atom stereocenters. The minimum absolute atomic E-state index is 0.151. The highest BCUT2D eigenvalue weighted by Crippen LogP contribution is 2.17. The van der Waals surface area contributed by atoms with Gasteiger partial charge in [-0.05, 0) is 63.1 Å². The van der Waals surface area contributed by atoms with Crippen molar-refractivity contribution in [3.63, 3.8) is 0 Å². The van der Waals surface area contributed by atoms with Crippen LogP contribution in [0, 0.1) is 12.3 Å². The maximum absolute atomic E-state index is 13.2. The number of nitrogens with one attached hydrogen (secondary N) is 1. The van der Waals surface area contributed by atoms with Crippen molar-refractivity contribution >= 4 is 17.8 Å². The zero-order valence-corrected chi connectivity index (χ0v) is 19.5. The van der Waals surface area contributed by atoms with Crippen LogP contribution in [0.3, 0.4) is 0 Å². The van der Waals surface area contributed by atoms with Crippen molar-refractivity contribution in [2.24, 2.45) is 5.73 Å². The molecule has 3 aromatic rings. The molecule has 1 aromatic heterocycles. The fourth-order valence-electron chi connectivity index (χ4n) is 3.48. The highest BCUT2D eigenvalue weighted by atomic mass is 16.5. The van der Waals surface area contributed by atoms with E-state index in [1.165, 1.54) is 29.9 Å². The van der Waals surface area contributed by atoms with E-state index in [1.54, 1.807) is 32.9 Å². The average molecular weight is 466 g/mol. The molecule has 178 valence electrons. The fourth-order valence-corrected chi connectivity index (χ4v) is 3.48. The van der Waals surface area contributed by atoms with Crippen molar-refractivity contribution in [1.29, 1.82) is 5.41 Å². The quantitative estimate of drug-likeness (QED) is 0.295. The first-order valence-corrected chi connectivity index (χ1v) is 10.7. The average Bonchev–Trinajstić information content (AvgIpc) is 3.10. The second-order valence-electron chi connectivity index (χ2n) is 7.92. The van der Waals surface area contributed by atoms with Gasteiger partial charge in [0.1, 0.15) is 11.7 Å². The number of nitrogens with zero attached hydrogens (tertiary/aromatic N) is 3. The Bertz CT molecular complexity index is 1290. The summed E-state index contributed by atoms with van der Waals surface area (Å²) in [5, 5.41) is 12.2. The number of aryl methyl sites for hydroxylation is 2. The standard InChI is InChI=1S/C24H27N5O5/c1-14(2)34-21(30)12-7-16-5-9-18(10-6-16)28-15(3)27-29(24(28)32)20-11-8-17(23(31)33-4)13-19(20)22(25)26/h5-6,8-11,13-14H,7,12H2,1-4H3,(H3,25,26). The largest absolute Gasteiger partial charge is 0.465 e. The molecule has 0 radical (unpaired) electrons. The van der Waals surface area contributed by atoms with E-state index in [-0.39, 0.29) is 41.1 Å². The lowest BCUT2D eigenvalue weighted by Gasteiger charge is -2.09. The lowest BCUT2D eigenvalue weighted by atomic mass is 10.1. The van der Waals surface area contributed by atoms with E-state index in [1.807, 2.05) is 12.1 Å². The van der Waals surface area contributed by atoms with Crippen LogP contribution < -0.4 is 11.4 Å². The van der Waals surface area contributed by atoms with Gasteiger partial charge in [-0.3, -0.25) is 10.2 Å². The van der Waals surface area contributed by atoms with E-state index < -0.39 is 11.7 Å². The van der Waals surface area contributed by atoms with Crippen LogP contribution in [0.2, 0.25) is 0 Å². The third-order valence-corrected chi connectivity index (χ3v) is 5.06. The van der Waals surface area contributed by atoms with Gasteiger partial charge in [0.15, 0.2) is 0 Å². The van der Waals surface area contributed by atoms with Gasteiger partial charge in [-0.15, -0.1) is 5.10 Å². The maximum Gasteiger partial charge on any atom is 0.355 e. The van der Waals surface area contributed by atoms with Crippen LogP contribution in [0.25, 0.3) is 11.4 Å². The second kappa shape index (κ2) is 10.2. The van der Waals surface area contributed by atoms with E-state index in [4.69, 9.17) is 20.6 Å². The lowest BCUT2D eigenvalue weighted by Crippen LogP contribution is -2.26. The molecule has 0 unspecified atom stereocenters. The third kappa shape index (κ3) is 5.22. The first kappa shape index (κ1) is 24.4. The molecule has 0 fully saturated rings. The van der Waals surface area contributed by atoms with Crippen molar-refractivity contribution in [3.05, 3.63) is 75.5 Å². The molecular weight excluding hydrogens is 438 g/mol. The summed E-state index contributed by atoms with van der Waals surface area (Å²) in [5.41, 5.74) is 7.43. The number of carbonyl (C=O) groups is 2. The summed E-state index contributed by atoms with van der Waals surface area (Å²) in [4.78, 5) is 36.9. The normalized spacial score (nSPS) is 10.9. The number of aromatic nitrogens is 3. The number of methoxy groups -OCH3 is 1. The first-order valence-electron chi connectivity index (χ1n) is 10.7. The molecule has 3 N–H and O–H groups in total. The number of ether oxygens (including phenoxy) is 2. The van der Waals surface area contributed by atoms with Crippen LogP contribution in [-0.2, 0) is 20.7 Å². The molecule has 0 aliphatic carbocycles. The molecule has 2 aromatic carbocycles. The molecule has 10 heteroatoms. The molecule has 0 saturated heterocycles. The highest BCUT2D eigenvalue weighted by Gasteiger charge is 2.19. The van der Waals surface area contributed by atoms with Crippen LogP contribution in [0.15, 0.2) is 47.3 Å². The Hall–Kier alpha value is -4.21. The number of benzene rings is 2. The van der Waals surface area contributed by atoms with Crippen LogP contribution in [-0.4, -0.2) is 45.3 Å². The lowest BCUT2D eigenvalue weighted by molar-refractivity contribution is -0.147. The Kier molecular flexibility index (Phi) is 7.30. The number of nitrogen functional groups attached to an aromatic ring is 1. The van der Waals surface area contributed by atoms with Crippen LogP contribution in [0.1, 0.15) is 47.6 Å². The molecule has 0 spiro atoms. The van der Waals surface area contributed by atoms with E-state index in [2.05, 4.69) is 5.10 Å². The predicted molar refractivity (Wildman–Crippen MR) is 126 cm³/mol. The zero-order chi connectivity index (χ0) is 25.0. The summed E-state index contributed by atoms with van der Waals surface area (Å²) >= 11 is 0. The molecule has 10 nitrogen and oxygen atoms in total. The maximum atomic E-state index is 13.2. The van der Waals surface area contributed by atoms with Crippen molar-refractivity contribution < 1.29 is 19.1 Å². The summed E-state index contributed by atoms with van der Waals surface area (Å²) in [6, 6.07) is 11.6. The number of hydrogen-bond donors (Lipinski definition) is 2. The third-order valence-electron chi connectivity index (χ3n) is 5.06. The zero-order valence-electron chi connectivity index (χ0n) is 19.5. The minimum Gasteiger partial charge on any atom is -0.465 e. The van der Waals surface area contributed by atoms with Gasteiger partial charge in [0.2, 0.25) is 0 Å². The molecule has 0 saturated carbocycles. The fraction of sp³-hybridized carbons (Fsp3) is 0.292. The van der Waals surface area contributed by atoms with Gasteiger partial charge in [-0.2, -0.15) is 4.68 Å². The Balaban J connectivity index is 1.92. The van der Waals surface area contributed by atoms with E-state index >= 15 is 0 Å². The Labute approximate surface area is 196 Å². The Morgan fingerprint density at radius 1 is 1.15 bits per heavy atom. The van der Waals surface area contributed by atoms with Gasteiger partial charge in [-0.25, -0.2) is 14.2 Å². The number of hydrogen-bond acceptors (Lipinski definition) is 7. The van der Waals surface area contributed by atoms with Crippen LogP contribution in [0.5, 0.6) is 0 Å². The Morgan fingerprint density at radius 2 is 1.82 bits per heavy atom. The van der Waals surface area contributed by atoms with Crippen molar-refractivity contribution in [1.82, 2.24) is 14.3 Å². The number of rotatable bonds is 8. The Morgan fingerprint density at radius 3 is 2.41 bits per heavy atom. The van der Waals surface area contributed by atoms with E-state index in [9.17, 15) is 14.4 Å². The monoisotopic (exact) mass is 465 g/mol. The molecule has 0 amide bonds.